The standard InChI is InChI=1S/C14H9FN2OS.CHNS/c15-10-6-4-9(5-7-10)13(18)12-14(16)19-11-3-1-2-8-17(11)12;2-1-3/h1-8H,(H-,16,18);3H. The summed E-state index contributed by atoms with van der Waals surface area (Å²) in [5.41, 5.74) is 6.77. The first-order valence-electron chi connectivity index (χ1n) is 6.08. The van der Waals surface area contributed by atoms with Gasteiger partial charge >= 0.3 is 0 Å². The van der Waals surface area contributed by atoms with Crippen molar-refractivity contribution in [1.29, 1.82) is 5.26 Å². The van der Waals surface area contributed by atoms with Gasteiger partial charge in [-0.15, -0.1) is 4.40 Å². The second-order valence-corrected chi connectivity index (χ2v) is 5.40. The Morgan fingerprint density at radius 3 is 2.55 bits per heavy atom. The second-order valence-electron chi connectivity index (χ2n) is 4.15. The monoisotopic (exact) mass is 331 g/mol. The van der Waals surface area contributed by atoms with Gasteiger partial charge in [0.25, 0.3) is 16.3 Å². The van der Waals surface area contributed by atoms with Gasteiger partial charge in [0.05, 0.1) is 0 Å². The fraction of sp³-hybridized carbons (Fsp3) is 0. The highest BCUT2D eigenvalue weighted by molar-refractivity contribution is 7.64. The molecular formula is C15H10FN3OS2. The van der Waals surface area contributed by atoms with Gasteiger partial charge in [0.1, 0.15) is 5.82 Å². The van der Waals surface area contributed by atoms with Crippen molar-refractivity contribution in [2.45, 2.75) is 0 Å². The molecule has 7 heteroatoms. The van der Waals surface area contributed by atoms with Crippen LogP contribution in [0.5, 0.6) is 0 Å². The number of aromatic nitrogens is 1. The number of rotatable bonds is 2. The zero-order valence-electron chi connectivity index (χ0n) is 11.2. The highest BCUT2D eigenvalue weighted by Gasteiger charge is 2.26. The van der Waals surface area contributed by atoms with Gasteiger partial charge in [-0.05, 0) is 41.7 Å². The zero-order valence-corrected chi connectivity index (χ0v) is 12.8. The summed E-state index contributed by atoms with van der Waals surface area (Å²) in [6.07, 6.45) is 1.79. The Kier molecular flexibility index (Phi) is 4.99. The first-order valence-corrected chi connectivity index (χ1v) is 7.31. The number of thiocyanates is 1. The van der Waals surface area contributed by atoms with E-state index in [0.717, 1.165) is 4.83 Å². The maximum absolute atomic E-state index is 12.9. The number of pyridine rings is 1. The van der Waals surface area contributed by atoms with Crippen LogP contribution in [-0.2, 0) is 12.6 Å². The van der Waals surface area contributed by atoms with Crippen molar-refractivity contribution in [3.05, 3.63) is 65.7 Å². The largest absolute Gasteiger partial charge is 0.696 e. The number of thiazole rings is 1. The molecule has 0 aliphatic rings. The van der Waals surface area contributed by atoms with Gasteiger partial charge < -0.3 is 18.4 Å². The molecule has 3 aromatic rings. The maximum Gasteiger partial charge on any atom is 0.293 e. The number of carbonyl (C=O) groups is 1. The lowest BCUT2D eigenvalue weighted by atomic mass is 10.1. The molecular weight excluding hydrogens is 321 g/mol. The molecule has 2 N–H and O–H groups in total. The summed E-state index contributed by atoms with van der Waals surface area (Å²) in [6, 6.07) is 11.1. The van der Waals surface area contributed by atoms with Crippen LogP contribution in [0.4, 0.5) is 9.39 Å². The Morgan fingerprint density at radius 2 is 1.91 bits per heavy atom. The van der Waals surface area contributed by atoms with Gasteiger partial charge in [-0.3, -0.25) is 4.79 Å². The topological polar surface area (TPSA) is 71.0 Å². The first-order chi connectivity index (χ1) is 10.6. The quantitative estimate of drug-likeness (QED) is 0.339. The van der Waals surface area contributed by atoms with E-state index in [1.807, 2.05) is 18.2 Å². The molecule has 0 radical (unpaired) electrons. The highest BCUT2D eigenvalue weighted by atomic mass is 32.1. The summed E-state index contributed by atoms with van der Waals surface area (Å²) < 4.78 is 14.6. The Bertz CT molecular complexity index is 853. The van der Waals surface area contributed by atoms with Gasteiger partial charge in [0, 0.05) is 17.7 Å². The predicted molar refractivity (Wildman–Crippen MR) is 84.7 cm³/mol. The van der Waals surface area contributed by atoms with Crippen LogP contribution in [-0.4, -0.2) is 5.78 Å². The van der Waals surface area contributed by atoms with E-state index in [-0.39, 0.29) is 11.6 Å². The average Bonchev–Trinajstić information content (AvgIpc) is 2.84. The van der Waals surface area contributed by atoms with Crippen molar-refractivity contribution in [1.82, 2.24) is 0 Å². The minimum absolute atomic E-state index is 0.208. The van der Waals surface area contributed by atoms with E-state index in [4.69, 9.17) is 11.0 Å². The molecule has 4 nitrogen and oxygen atoms in total. The third-order valence-corrected chi connectivity index (χ3v) is 3.79. The van der Waals surface area contributed by atoms with E-state index in [1.165, 1.54) is 41.0 Å². The summed E-state index contributed by atoms with van der Waals surface area (Å²) in [6.45, 7) is 0. The second kappa shape index (κ2) is 6.93. The molecule has 0 aliphatic heterocycles. The van der Waals surface area contributed by atoms with Crippen LogP contribution in [0, 0.1) is 16.5 Å². The van der Waals surface area contributed by atoms with Crippen LogP contribution >= 0.6 is 11.3 Å². The van der Waals surface area contributed by atoms with Crippen molar-refractivity contribution in [3.8, 4) is 5.40 Å². The van der Waals surface area contributed by atoms with Crippen LogP contribution in [0.2, 0.25) is 0 Å². The molecule has 0 atom stereocenters. The number of anilines is 1. The van der Waals surface area contributed by atoms with E-state index in [2.05, 4.69) is 12.6 Å². The van der Waals surface area contributed by atoms with E-state index >= 15 is 0 Å². The van der Waals surface area contributed by atoms with Crippen LogP contribution in [0.3, 0.4) is 0 Å². The fourth-order valence-corrected chi connectivity index (χ4v) is 2.84. The van der Waals surface area contributed by atoms with Gasteiger partial charge in [0.15, 0.2) is 11.2 Å². The third-order valence-electron chi connectivity index (χ3n) is 2.83. The van der Waals surface area contributed by atoms with Gasteiger partial charge in [-0.25, -0.2) is 9.65 Å². The summed E-state index contributed by atoms with van der Waals surface area (Å²) in [4.78, 5) is 13.3. The lowest BCUT2D eigenvalue weighted by Crippen LogP contribution is -2.28. The number of nitrogens with two attached hydrogens (primary N) is 1. The molecule has 0 saturated heterocycles. The van der Waals surface area contributed by atoms with Crippen LogP contribution < -0.4 is 10.1 Å². The van der Waals surface area contributed by atoms with Crippen molar-refractivity contribution in [2.24, 2.45) is 0 Å². The molecule has 1 aromatic carbocycles. The number of halogens is 1. The van der Waals surface area contributed by atoms with Gasteiger partial charge in [-0.2, -0.15) is 0 Å². The number of hydrogen-bond acceptors (Lipinski definition) is 5. The molecule has 22 heavy (non-hydrogen) atoms. The van der Waals surface area contributed by atoms with Crippen LogP contribution in [0.25, 0.3) is 4.83 Å². The molecule has 0 aliphatic carbocycles. The summed E-state index contributed by atoms with van der Waals surface area (Å²) >= 11 is 5.05. The highest BCUT2D eigenvalue weighted by Crippen LogP contribution is 2.22. The molecule has 0 fully saturated rings. The number of benzene rings is 1. The molecule has 0 spiro atoms. The number of ketones is 1. The number of nitrogen functional groups attached to an aromatic ring is 1. The Labute approximate surface area is 135 Å². The Morgan fingerprint density at radius 1 is 1.27 bits per heavy atom. The van der Waals surface area contributed by atoms with Crippen molar-refractivity contribution >= 4 is 39.6 Å². The molecule has 0 unspecified atom stereocenters. The molecule has 110 valence electrons. The SMILES string of the molecule is N#C[S-].Nc1sc2cccc[n+]2c1C(=O)c1ccc(F)cc1. The number of nitriles is 1. The van der Waals surface area contributed by atoms with E-state index < -0.39 is 0 Å². The summed E-state index contributed by atoms with van der Waals surface area (Å²) in [7, 11) is 0. The first kappa shape index (κ1) is 15.8. The van der Waals surface area contributed by atoms with Crippen molar-refractivity contribution < 1.29 is 13.6 Å². The Hall–Kier alpha value is -2.56. The van der Waals surface area contributed by atoms with E-state index in [0.29, 0.717) is 16.3 Å². The molecule has 0 amide bonds. The zero-order chi connectivity index (χ0) is 16.1. The summed E-state index contributed by atoms with van der Waals surface area (Å²) in [5, 5.41) is 8.93. The van der Waals surface area contributed by atoms with Gasteiger partial charge in [-0.1, -0.05) is 5.40 Å². The minimum Gasteiger partial charge on any atom is -0.696 e. The number of fused-ring (bicyclic) bond motifs is 1. The molecule has 3 rings (SSSR count). The fourth-order valence-electron chi connectivity index (χ4n) is 1.93. The number of hydrogen-bond donors (Lipinski definition) is 1. The normalized spacial score (nSPS) is 9.64. The lowest BCUT2D eigenvalue weighted by molar-refractivity contribution is -0.509. The van der Waals surface area contributed by atoms with Crippen LogP contribution in [0.15, 0.2) is 48.7 Å². The molecule has 2 aromatic heterocycles. The van der Waals surface area contributed by atoms with Gasteiger partial charge in [0.2, 0.25) is 0 Å². The van der Waals surface area contributed by atoms with Crippen molar-refractivity contribution in [2.75, 3.05) is 5.73 Å². The maximum atomic E-state index is 12.9. The smallest absolute Gasteiger partial charge is 0.293 e. The molecule has 2 heterocycles. The number of carbonyl (C=O) groups excluding carboxylic acids is 1. The predicted octanol–water partition coefficient (Wildman–Crippen LogP) is 2.45. The number of nitrogens with zero attached hydrogens (tertiary/aromatic N) is 2. The molecule has 0 saturated carbocycles. The minimum atomic E-state index is -0.368. The summed E-state index contributed by atoms with van der Waals surface area (Å²) in [5.74, 6) is -0.577. The lowest BCUT2D eigenvalue weighted by Gasteiger charge is -1.96. The Balaban J connectivity index is 0.000000545. The van der Waals surface area contributed by atoms with E-state index in [9.17, 15) is 9.18 Å². The third kappa shape index (κ3) is 3.19. The van der Waals surface area contributed by atoms with Crippen molar-refractivity contribution in [3.63, 3.8) is 0 Å². The average molecular weight is 331 g/mol. The van der Waals surface area contributed by atoms with E-state index in [1.54, 1.807) is 10.6 Å². The molecule has 0 bridgehead atoms. The van der Waals surface area contributed by atoms with Crippen LogP contribution in [0.1, 0.15) is 16.1 Å².